The summed E-state index contributed by atoms with van der Waals surface area (Å²) in [5.41, 5.74) is -2.50. The summed E-state index contributed by atoms with van der Waals surface area (Å²) in [6.07, 6.45) is 0. The first-order valence-electron chi connectivity index (χ1n) is 0.507. The Kier molecular flexibility index (Phi) is 24.3. The third kappa shape index (κ3) is 320. The smallest absolute Gasteiger partial charge is 0.0662 e. The Balaban J connectivity index is -0.0000000450. The zero-order valence-electron chi connectivity index (χ0n) is 2.40. The van der Waals surface area contributed by atoms with E-state index in [2.05, 4.69) is 0 Å². The van der Waals surface area contributed by atoms with Gasteiger partial charge in [-0.15, -0.1) is 0 Å². The van der Waals surface area contributed by atoms with Gasteiger partial charge in [0.25, 0.3) is 0 Å². The molecular weight excluding hydrogens is 271 g/mol. The number of rotatable bonds is 0. The van der Waals surface area contributed by atoms with Crippen molar-refractivity contribution in [2.45, 2.75) is 0 Å². The molecule has 0 unspecified atom stereocenters. The summed E-state index contributed by atoms with van der Waals surface area (Å²) in [5, 5.41) is 0. The van der Waals surface area contributed by atoms with Gasteiger partial charge in [-0.25, -0.2) is 0 Å². The maximum Gasteiger partial charge on any atom is 0.199 e. The molecule has 6 heavy (non-hydrogen) atoms. The van der Waals surface area contributed by atoms with Gasteiger partial charge in [0.15, 0.2) is 5.57 Å². The fourth-order valence-electron chi connectivity index (χ4n) is 0. The van der Waals surface area contributed by atoms with Crippen LogP contribution in [-0.2, 0) is 26.5 Å². The van der Waals surface area contributed by atoms with Crippen molar-refractivity contribution in [1.29, 1.82) is 0 Å². The molecule has 0 N–H and O–H groups in total. The van der Waals surface area contributed by atoms with Crippen molar-refractivity contribution in [2.75, 3.05) is 0 Å². The predicted octanol–water partition coefficient (Wildman–Crippen LogP) is 0.821. The van der Waals surface area contributed by atoms with E-state index in [0.717, 1.165) is 0 Å². The van der Waals surface area contributed by atoms with Gasteiger partial charge in [0, 0.05) is 26.5 Å². The molecule has 6 heteroatoms. The Hall–Kier alpha value is 0.398. The molecule has 2 radical (unpaired) electrons. The molecule has 0 spiro atoms. The molecule has 0 fully saturated rings. The first-order chi connectivity index (χ1) is 1.73. The maximum absolute atomic E-state index is 9.50. The van der Waals surface area contributed by atoms with E-state index in [1.165, 1.54) is 0 Å². The minimum atomic E-state index is -2.50. The van der Waals surface area contributed by atoms with Crippen molar-refractivity contribution in [3.8, 4) is 0 Å². The Morgan fingerprint density at radius 1 is 1.00 bits per heavy atom. The number of hydrogen-bond acceptors (Lipinski definition) is 1. The van der Waals surface area contributed by atoms with Gasteiger partial charge in [0.05, 0.1) is 0 Å². The molecule has 0 bridgehead atoms. The van der Waals surface area contributed by atoms with Gasteiger partial charge in [-0.1, -0.05) is 13.4 Å². The van der Waals surface area contributed by atoms with Gasteiger partial charge < -0.3 is 0 Å². The van der Waals surface area contributed by atoms with Crippen LogP contribution in [0.2, 0.25) is 0 Å². The van der Waals surface area contributed by atoms with Crippen molar-refractivity contribution < 1.29 is 40.0 Å². The van der Waals surface area contributed by atoms with Crippen LogP contribution in [0.4, 0.5) is 13.4 Å². The standard InChI is InChI=1S/F3N.O.W/c1-4(2)3;;. The topological polar surface area (TPSA) is 31.7 Å². The molecule has 0 amide bonds. The molecule has 0 saturated carbocycles. The summed E-state index contributed by atoms with van der Waals surface area (Å²) in [5.74, 6) is 0. The van der Waals surface area contributed by atoms with Crippen LogP contribution in [0.25, 0.3) is 0 Å². The van der Waals surface area contributed by atoms with Gasteiger partial charge in [0.2, 0.25) is 0 Å². The minimum Gasteiger partial charge on any atom is -0.0662 e. The Morgan fingerprint density at radius 2 is 1.00 bits per heavy atom. The molecule has 0 aromatic carbocycles. The first-order valence-corrected chi connectivity index (χ1v) is 0.507. The zero-order chi connectivity index (χ0) is 3.58. The van der Waals surface area contributed by atoms with Crippen LogP contribution in [0, 0.1) is 0 Å². The van der Waals surface area contributed by atoms with Crippen molar-refractivity contribution in [2.24, 2.45) is 0 Å². The second-order valence-corrected chi connectivity index (χ2v) is 0.192. The second-order valence-electron chi connectivity index (χ2n) is 0.192. The van der Waals surface area contributed by atoms with Crippen LogP contribution in [0.15, 0.2) is 0 Å². The number of hydrogen-bond donors (Lipinski definition) is 0. The van der Waals surface area contributed by atoms with Crippen LogP contribution in [-0.4, -0.2) is 5.57 Å². The van der Waals surface area contributed by atoms with Crippen molar-refractivity contribution in [3.05, 3.63) is 0 Å². The van der Waals surface area contributed by atoms with Gasteiger partial charge in [-0.05, 0) is 0 Å². The monoisotopic (exact) mass is 271 g/mol. The number of nitrogens with zero attached hydrogens (tertiary/aromatic N) is 1. The third-order valence-corrected chi connectivity index (χ3v) is 0. The van der Waals surface area contributed by atoms with E-state index in [-0.39, 0.29) is 26.5 Å². The van der Waals surface area contributed by atoms with Crippen LogP contribution in [0.3, 0.4) is 0 Å². The van der Waals surface area contributed by atoms with Crippen LogP contribution in [0.5, 0.6) is 0 Å². The van der Waals surface area contributed by atoms with E-state index >= 15 is 0 Å². The fraction of sp³-hybridized carbons (Fsp3) is 0. The molecule has 2 nitrogen and oxygen atoms in total. The molecule has 38 valence electrons. The maximum atomic E-state index is 9.50. The Morgan fingerprint density at radius 3 is 1.00 bits per heavy atom. The average molecular weight is 271 g/mol. The summed E-state index contributed by atoms with van der Waals surface area (Å²) in [6.45, 7) is 0. The van der Waals surface area contributed by atoms with Gasteiger partial charge in [0.1, 0.15) is 0 Å². The summed E-state index contributed by atoms with van der Waals surface area (Å²) in [6, 6.07) is 0. The summed E-state index contributed by atoms with van der Waals surface area (Å²) >= 11 is 0. The number of halogens is 3. The molecule has 0 saturated heterocycles. The normalized spacial score (nSPS) is 6.00. The molecule has 0 heterocycles. The van der Waals surface area contributed by atoms with Gasteiger partial charge in [-0.3, -0.25) is 0 Å². The van der Waals surface area contributed by atoms with E-state index in [4.69, 9.17) is 0 Å². The molecular formula is F3NOW. The summed E-state index contributed by atoms with van der Waals surface area (Å²) in [7, 11) is 0. The minimum absolute atomic E-state index is 0. The van der Waals surface area contributed by atoms with Crippen molar-refractivity contribution in [3.63, 3.8) is 0 Å². The fourth-order valence-corrected chi connectivity index (χ4v) is 0. The van der Waals surface area contributed by atoms with Crippen LogP contribution >= 0.6 is 0 Å². The zero-order valence-corrected chi connectivity index (χ0v) is 5.33. The quantitative estimate of drug-likeness (QED) is 0.600. The average Bonchev–Trinajstić information content (AvgIpc) is 0.811. The molecule has 0 rings (SSSR count). The Bertz CT molecular complexity index is 15.5. The Labute approximate surface area is 46.3 Å². The van der Waals surface area contributed by atoms with Gasteiger partial charge >= 0.3 is 0 Å². The molecule has 0 aromatic rings. The first kappa shape index (κ1) is 16.1. The summed E-state index contributed by atoms with van der Waals surface area (Å²) < 4.78 is 28.5. The summed E-state index contributed by atoms with van der Waals surface area (Å²) in [4.78, 5) is 0. The van der Waals surface area contributed by atoms with E-state index in [1.54, 1.807) is 0 Å². The molecule has 0 aliphatic carbocycles. The predicted molar refractivity (Wildman–Crippen MR) is 5.85 cm³/mol. The van der Waals surface area contributed by atoms with E-state index in [9.17, 15) is 13.4 Å². The molecule has 0 atom stereocenters. The van der Waals surface area contributed by atoms with E-state index in [0.29, 0.717) is 0 Å². The molecule has 0 aromatic heterocycles. The van der Waals surface area contributed by atoms with E-state index < -0.39 is 5.57 Å². The van der Waals surface area contributed by atoms with E-state index in [1.807, 2.05) is 0 Å². The molecule has 0 aliphatic heterocycles. The largest absolute Gasteiger partial charge is 0.199 e. The SMILES string of the molecule is FN(F)F.[O].[W]. The van der Waals surface area contributed by atoms with Crippen molar-refractivity contribution in [1.82, 2.24) is 5.57 Å². The third-order valence-electron chi connectivity index (χ3n) is 0. The second kappa shape index (κ2) is 9.04. The van der Waals surface area contributed by atoms with Crippen LogP contribution in [0.1, 0.15) is 0 Å². The van der Waals surface area contributed by atoms with Crippen molar-refractivity contribution >= 4 is 0 Å². The van der Waals surface area contributed by atoms with Crippen LogP contribution < -0.4 is 0 Å². The molecule has 0 aliphatic rings. The van der Waals surface area contributed by atoms with Gasteiger partial charge in [-0.2, -0.15) is 0 Å².